The van der Waals surface area contributed by atoms with E-state index in [0.29, 0.717) is 6.10 Å². The highest BCUT2D eigenvalue weighted by Gasteiger charge is 2.31. The molecule has 0 radical (unpaired) electrons. The Labute approximate surface area is 101 Å². The lowest BCUT2D eigenvalue weighted by atomic mass is 9.88. The first-order valence-corrected chi connectivity index (χ1v) is 6.12. The second-order valence-electron chi connectivity index (χ2n) is 3.98. The van der Waals surface area contributed by atoms with Crippen LogP contribution in [-0.4, -0.2) is 44.4 Å². The Hall–Kier alpha value is 0.610. The first-order valence-electron chi connectivity index (χ1n) is 5.24. The molecule has 84 valence electrons. The van der Waals surface area contributed by atoms with Crippen LogP contribution in [-0.2, 0) is 7.80 Å². The number of hydrogen-bond acceptors (Lipinski definition) is 3. The lowest BCUT2D eigenvalue weighted by Crippen LogP contribution is -2.46. The average Bonchev–Trinajstić information content (AvgIpc) is 2.11. The molecule has 0 saturated heterocycles. The highest BCUT2D eigenvalue weighted by Crippen LogP contribution is 2.26. The van der Waals surface area contributed by atoms with E-state index >= 15 is 0 Å². The molecule has 1 aliphatic rings. The Kier molecular flexibility index (Phi) is 6.32. The fraction of sp³-hybridized carbons (Fsp3) is 1.00. The molecule has 0 heterocycles. The smallest absolute Gasteiger partial charge is 0.109 e. The topological polar surface area (TPSA) is 21.7 Å². The first kappa shape index (κ1) is 12.7. The van der Waals surface area contributed by atoms with Crippen LogP contribution in [0.25, 0.3) is 0 Å². The molecule has 0 bridgehead atoms. The molecule has 3 nitrogen and oxygen atoms in total. The van der Waals surface area contributed by atoms with E-state index in [1.54, 1.807) is 7.11 Å². The van der Waals surface area contributed by atoms with Crippen LogP contribution >= 0.6 is 23.0 Å². The van der Waals surface area contributed by atoms with Crippen LogP contribution in [0.5, 0.6) is 0 Å². The van der Waals surface area contributed by atoms with E-state index in [1.165, 1.54) is 25.8 Å². The molecule has 0 aliphatic heterocycles. The lowest BCUT2D eigenvalue weighted by molar-refractivity contribution is -0.0197. The van der Waals surface area contributed by atoms with Gasteiger partial charge in [0.15, 0.2) is 0 Å². The fourth-order valence-corrected chi connectivity index (χ4v) is 2.10. The third-order valence-corrected chi connectivity index (χ3v) is 3.45. The van der Waals surface area contributed by atoms with Crippen LogP contribution in [0.15, 0.2) is 0 Å². The van der Waals surface area contributed by atoms with Gasteiger partial charge in [-0.05, 0) is 39.3 Å². The standard InChI is InChI=1S/C10H20INO2/c1-12(5-3-4-6-14-11)9-7-10(8-9)13-2/h9-10H,3-8H2,1-2H3. The summed E-state index contributed by atoms with van der Waals surface area (Å²) in [7, 11) is 4.01. The molecule has 0 aromatic carbocycles. The molecule has 0 aromatic rings. The third kappa shape index (κ3) is 4.00. The van der Waals surface area contributed by atoms with E-state index in [9.17, 15) is 0 Å². The summed E-state index contributed by atoms with van der Waals surface area (Å²) in [5.74, 6) is 0. The van der Waals surface area contributed by atoms with Crippen LogP contribution in [0, 0.1) is 0 Å². The van der Waals surface area contributed by atoms with Crippen LogP contribution in [0.2, 0.25) is 0 Å². The van der Waals surface area contributed by atoms with Gasteiger partial charge in [-0.1, -0.05) is 0 Å². The van der Waals surface area contributed by atoms with E-state index in [4.69, 9.17) is 7.80 Å². The molecule has 14 heavy (non-hydrogen) atoms. The van der Waals surface area contributed by atoms with Gasteiger partial charge in [-0.2, -0.15) is 0 Å². The van der Waals surface area contributed by atoms with Gasteiger partial charge in [0, 0.05) is 13.2 Å². The Morgan fingerprint density at radius 3 is 2.64 bits per heavy atom. The molecule has 1 saturated carbocycles. The summed E-state index contributed by atoms with van der Waals surface area (Å²) in [5.41, 5.74) is 0. The lowest BCUT2D eigenvalue weighted by Gasteiger charge is -2.40. The van der Waals surface area contributed by atoms with Gasteiger partial charge in [0.2, 0.25) is 0 Å². The predicted molar refractivity (Wildman–Crippen MR) is 65.7 cm³/mol. The van der Waals surface area contributed by atoms with E-state index in [1.807, 2.05) is 23.0 Å². The van der Waals surface area contributed by atoms with Crippen LogP contribution < -0.4 is 0 Å². The number of ether oxygens (including phenoxy) is 1. The Bertz CT molecular complexity index is 151. The monoisotopic (exact) mass is 313 g/mol. The largest absolute Gasteiger partial charge is 0.381 e. The van der Waals surface area contributed by atoms with Crippen LogP contribution in [0.4, 0.5) is 0 Å². The molecule has 1 aliphatic carbocycles. The van der Waals surface area contributed by atoms with Crippen molar-refractivity contribution >= 4 is 23.0 Å². The van der Waals surface area contributed by atoms with Gasteiger partial charge in [-0.25, -0.2) is 0 Å². The van der Waals surface area contributed by atoms with E-state index in [0.717, 1.165) is 19.1 Å². The van der Waals surface area contributed by atoms with Crippen molar-refractivity contribution in [3.63, 3.8) is 0 Å². The second kappa shape index (κ2) is 6.98. The van der Waals surface area contributed by atoms with Gasteiger partial charge in [-0.15, -0.1) is 0 Å². The highest BCUT2D eigenvalue weighted by molar-refractivity contribution is 14.1. The summed E-state index contributed by atoms with van der Waals surface area (Å²) in [6.07, 6.45) is 5.31. The Balaban J connectivity index is 1.97. The van der Waals surface area contributed by atoms with Gasteiger partial charge in [-0.3, -0.25) is 0 Å². The zero-order chi connectivity index (χ0) is 10.4. The molecule has 0 amide bonds. The molecule has 1 fully saturated rings. The molecule has 0 unspecified atom stereocenters. The average molecular weight is 313 g/mol. The zero-order valence-electron chi connectivity index (χ0n) is 9.04. The quantitative estimate of drug-likeness (QED) is 0.531. The Morgan fingerprint density at radius 1 is 1.36 bits per heavy atom. The SMILES string of the molecule is COC1CC(N(C)CCCCOI)C1. The van der Waals surface area contributed by atoms with Crippen molar-refractivity contribution in [2.75, 3.05) is 27.3 Å². The minimum Gasteiger partial charge on any atom is -0.381 e. The van der Waals surface area contributed by atoms with Crippen molar-refractivity contribution in [3.8, 4) is 0 Å². The molecule has 0 N–H and O–H groups in total. The third-order valence-electron chi connectivity index (χ3n) is 3.01. The van der Waals surface area contributed by atoms with Crippen LogP contribution in [0.1, 0.15) is 25.7 Å². The number of rotatable bonds is 7. The van der Waals surface area contributed by atoms with Gasteiger partial charge in [0.1, 0.15) is 23.0 Å². The fourth-order valence-electron chi connectivity index (χ4n) is 1.79. The Morgan fingerprint density at radius 2 is 2.07 bits per heavy atom. The van der Waals surface area contributed by atoms with Gasteiger partial charge >= 0.3 is 0 Å². The predicted octanol–water partition coefficient (Wildman–Crippen LogP) is 2.24. The number of nitrogens with zero attached hydrogens (tertiary/aromatic N) is 1. The second-order valence-corrected chi connectivity index (χ2v) is 4.61. The maximum atomic E-state index is 5.26. The minimum atomic E-state index is 0.514. The number of hydrogen-bond donors (Lipinski definition) is 0. The number of unbranched alkanes of at least 4 members (excludes halogenated alkanes) is 1. The maximum absolute atomic E-state index is 5.26. The molecule has 0 spiro atoms. The summed E-state index contributed by atoms with van der Waals surface area (Å²) in [6, 6.07) is 0.750. The molecule has 0 aromatic heterocycles. The molecule has 0 atom stereocenters. The molecular weight excluding hydrogens is 293 g/mol. The van der Waals surface area contributed by atoms with Crippen molar-refractivity contribution < 1.29 is 7.80 Å². The van der Waals surface area contributed by atoms with Crippen molar-refractivity contribution in [2.45, 2.75) is 37.8 Å². The number of halogens is 1. The van der Waals surface area contributed by atoms with E-state index in [2.05, 4.69) is 11.9 Å². The summed E-state index contributed by atoms with van der Waals surface area (Å²) in [5, 5.41) is 0. The maximum Gasteiger partial charge on any atom is 0.109 e. The summed E-state index contributed by atoms with van der Waals surface area (Å²) >= 11 is 1.95. The van der Waals surface area contributed by atoms with Crippen molar-refractivity contribution in [3.05, 3.63) is 0 Å². The van der Waals surface area contributed by atoms with Crippen molar-refractivity contribution in [1.82, 2.24) is 4.90 Å². The summed E-state index contributed by atoms with van der Waals surface area (Å²) in [4.78, 5) is 2.45. The highest BCUT2D eigenvalue weighted by atomic mass is 127. The van der Waals surface area contributed by atoms with E-state index < -0.39 is 0 Å². The van der Waals surface area contributed by atoms with Crippen molar-refractivity contribution in [1.29, 1.82) is 0 Å². The molecule has 1 rings (SSSR count). The van der Waals surface area contributed by atoms with Crippen molar-refractivity contribution in [2.24, 2.45) is 0 Å². The zero-order valence-corrected chi connectivity index (χ0v) is 11.2. The number of methoxy groups -OCH3 is 1. The minimum absolute atomic E-state index is 0.514. The van der Waals surface area contributed by atoms with Gasteiger partial charge in [0.25, 0.3) is 0 Å². The van der Waals surface area contributed by atoms with E-state index in [-0.39, 0.29) is 0 Å². The van der Waals surface area contributed by atoms with Gasteiger partial charge < -0.3 is 12.7 Å². The summed E-state index contributed by atoms with van der Waals surface area (Å²) in [6.45, 7) is 2.06. The van der Waals surface area contributed by atoms with Crippen LogP contribution in [0.3, 0.4) is 0 Å². The normalized spacial score (nSPS) is 26.6. The van der Waals surface area contributed by atoms with Gasteiger partial charge in [0.05, 0.1) is 12.7 Å². The molecular formula is C10H20INO2. The molecule has 4 heteroatoms. The summed E-state index contributed by atoms with van der Waals surface area (Å²) < 4.78 is 10.3. The first-order chi connectivity index (χ1) is 6.77.